The number of alkyl halides is 3. The van der Waals surface area contributed by atoms with Gasteiger partial charge in [0.15, 0.2) is 5.13 Å². The Morgan fingerprint density at radius 2 is 2.11 bits per heavy atom. The second-order valence-corrected chi connectivity index (χ2v) is 9.77. The van der Waals surface area contributed by atoms with Gasteiger partial charge in [0.25, 0.3) is 5.91 Å². The number of para-hydroxylation sites is 1. The number of ether oxygens (including phenoxy) is 1. The van der Waals surface area contributed by atoms with Crippen molar-refractivity contribution in [2.75, 3.05) is 18.1 Å². The highest BCUT2D eigenvalue weighted by Gasteiger charge is 2.35. The highest BCUT2D eigenvalue weighted by Crippen LogP contribution is 2.39. The third-order valence-corrected chi connectivity index (χ3v) is 7.04. The summed E-state index contributed by atoms with van der Waals surface area (Å²) in [5.41, 5.74) is -0.927. The summed E-state index contributed by atoms with van der Waals surface area (Å²) in [4.78, 5) is 19.3. The van der Waals surface area contributed by atoms with E-state index in [0.29, 0.717) is 16.2 Å². The molecule has 1 fully saturated rings. The highest BCUT2D eigenvalue weighted by atomic mass is 79.9. The van der Waals surface area contributed by atoms with Crippen LogP contribution in [0.2, 0.25) is 0 Å². The maximum atomic E-state index is 13.3. The lowest BCUT2D eigenvalue weighted by Crippen LogP contribution is -2.37. The molecule has 4 nitrogen and oxygen atoms in total. The standard InChI is InChI=1S/C18H14BrF3N2O2S2/c19-14-7-6-13(27-14)16(25)24(9-10-3-2-8-26-10)17-23-15-11(18(20,21)22)4-1-5-12(15)28-17/h1,4-7,10H,2-3,8-9H2/t10-/m1/s1. The summed E-state index contributed by atoms with van der Waals surface area (Å²) in [6.45, 7) is 0.880. The van der Waals surface area contributed by atoms with Crippen LogP contribution in [0.1, 0.15) is 28.1 Å². The van der Waals surface area contributed by atoms with Gasteiger partial charge in [0, 0.05) is 6.61 Å². The summed E-state index contributed by atoms with van der Waals surface area (Å²) in [6.07, 6.45) is -2.96. The van der Waals surface area contributed by atoms with E-state index < -0.39 is 11.7 Å². The van der Waals surface area contributed by atoms with Crippen LogP contribution >= 0.6 is 38.6 Å². The van der Waals surface area contributed by atoms with Gasteiger partial charge in [0.05, 0.1) is 37.1 Å². The molecular weight excluding hydrogens is 477 g/mol. The molecule has 4 rings (SSSR count). The molecule has 1 aliphatic heterocycles. The molecule has 1 atom stereocenters. The van der Waals surface area contributed by atoms with E-state index in [0.717, 1.165) is 34.0 Å². The molecule has 0 aliphatic carbocycles. The molecule has 3 aromatic rings. The lowest BCUT2D eigenvalue weighted by atomic mass is 10.2. The summed E-state index contributed by atoms with van der Waals surface area (Å²) >= 11 is 5.69. The minimum atomic E-state index is -4.51. The first-order chi connectivity index (χ1) is 13.3. The van der Waals surface area contributed by atoms with E-state index in [9.17, 15) is 18.0 Å². The summed E-state index contributed by atoms with van der Waals surface area (Å²) in [5.74, 6) is -0.293. The van der Waals surface area contributed by atoms with Gasteiger partial charge in [0.1, 0.15) is 0 Å². The first-order valence-electron chi connectivity index (χ1n) is 8.48. The van der Waals surface area contributed by atoms with Crippen molar-refractivity contribution in [3.05, 3.63) is 44.6 Å². The number of fused-ring (bicyclic) bond motifs is 1. The second-order valence-electron chi connectivity index (χ2n) is 6.30. The molecule has 1 aliphatic rings. The van der Waals surface area contributed by atoms with Crippen molar-refractivity contribution in [1.82, 2.24) is 4.98 Å². The molecule has 0 bridgehead atoms. The maximum absolute atomic E-state index is 13.3. The second kappa shape index (κ2) is 7.74. The Labute approximate surface area is 175 Å². The van der Waals surface area contributed by atoms with Gasteiger partial charge in [-0.3, -0.25) is 9.69 Å². The van der Waals surface area contributed by atoms with Gasteiger partial charge in [-0.25, -0.2) is 4.98 Å². The van der Waals surface area contributed by atoms with Crippen LogP contribution in [0.5, 0.6) is 0 Å². The smallest absolute Gasteiger partial charge is 0.376 e. The fourth-order valence-corrected chi connectivity index (χ4v) is 5.42. The molecule has 1 amide bonds. The number of aromatic nitrogens is 1. The van der Waals surface area contributed by atoms with Crippen LogP contribution in [0.25, 0.3) is 10.2 Å². The van der Waals surface area contributed by atoms with Gasteiger partial charge < -0.3 is 4.74 Å². The van der Waals surface area contributed by atoms with E-state index >= 15 is 0 Å². The molecule has 0 unspecified atom stereocenters. The molecule has 10 heteroatoms. The van der Waals surface area contributed by atoms with Crippen LogP contribution in [0, 0.1) is 0 Å². The number of halogens is 4. The number of thiophene rings is 1. The topological polar surface area (TPSA) is 42.4 Å². The number of anilines is 1. The lowest BCUT2D eigenvalue weighted by molar-refractivity contribution is -0.136. The Morgan fingerprint density at radius 1 is 1.29 bits per heavy atom. The minimum Gasteiger partial charge on any atom is -0.376 e. The average Bonchev–Trinajstić information content (AvgIpc) is 3.37. The molecule has 148 valence electrons. The van der Waals surface area contributed by atoms with Crippen molar-refractivity contribution in [2.24, 2.45) is 0 Å². The number of carbonyl (C=O) groups is 1. The van der Waals surface area contributed by atoms with Crippen molar-refractivity contribution in [2.45, 2.75) is 25.1 Å². The van der Waals surface area contributed by atoms with Crippen LogP contribution in [0.3, 0.4) is 0 Å². The summed E-state index contributed by atoms with van der Waals surface area (Å²) in [6, 6.07) is 7.41. The third-order valence-electron chi connectivity index (χ3n) is 4.38. The number of nitrogens with zero attached hydrogens (tertiary/aromatic N) is 2. The van der Waals surface area contributed by atoms with E-state index in [2.05, 4.69) is 20.9 Å². The van der Waals surface area contributed by atoms with E-state index in [-0.39, 0.29) is 29.2 Å². The minimum absolute atomic E-state index is 0.132. The van der Waals surface area contributed by atoms with Crippen molar-refractivity contribution in [1.29, 1.82) is 0 Å². The van der Waals surface area contributed by atoms with E-state index in [1.165, 1.54) is 22.3 Å². The van der Waals surface area contributed by atoms with Gasteiger partial charge >= 0.3 is 6.18 Å². The zero-order chi connectivity index (χ0) is 19.9. The summed E-state index contributed by atoms with van der Waals surface area (Å²) < 4.78 is 46.9. The number of hydrogen-bond acceptors (Lipinski definition) is 5. The quantitative estimate of drug-likeness (QED) is 0.452. The Hall–Kier alpha value is -1.49. The third kappa shape index (κ3) is 3.96. The van der Waals surface area contributed by atoms with E-state index in [1.54, 1.807) is 18.2 Å². The van der Waals surface area contributed by atoms with Crippen molar-refractivity contribution < 1.29 is 22.7 Å². The fraction of sp³-hybridized carbons (Fsp3) is 0.333. The predicted molar refractivity (Wildman–Crippen MR) is 107 cm³/mol. The summed E-state index contributed by atoms with van der Waals surface area (Å²) in [5, 5.41) is 0.247. The largest absolute Gasteiger partial charge is 0.418 e. The first-order valence-corrected chi connectivity index (χ1v) is 10.9. The fourth-order valence-electron chi connectivity index (χ4n) is 3.08. The molecule has 0 radical (unpaired) electrons. The maximum Gasteiger partial charge on any atom is 0.418 e. The van der Waals surface area contributed by atoms with Crippen molar-refractivity contribution in [3.8, 4) is 0 Å². The lowest BCUT2D eigenvalue weighted by Gasteiger charge is -2.22. The Morgan fingerprint density at radius 3 is 2.75 bits per heavy atom. The molecule has 28 heavy (non-hydrogen) atoms. The van der Waals surface area contributed by atoms with Gasteiger partial charge in [-0.2, -0.15) is 13.2 Å². The molecule has 1 aromatic carbocycles. The number of amides is 1. The van der Waals surface area contributed by atoms with Crippen molar-refractivity contribution in [3.63, 3.8) is 0 Å². The Kier molecular flexibility index (Phi) is 5.47. The van der Waals surface area contributed by atoms with Crippen LogP contribution in [0.4, 0.5) is 18.3 Å². The number of hydrogen-bond donors (Lipinski definition) is 0. The van der Waals surface area contributed by atoms with Crippen LogP contribution < -0.4 is 4.90 Å². The van der Waals surface area contributed by atoms with E-state index in [4.69, 9.17) is 4.74 Å². The number of rotatable bonds is 4. The van der Waals surface area contributed by atoms with Crippen LogP contribution in [-0.4, -0.2) is 30.1 Å². The first kappa shape index (κ1) is 19.8. The molecule has 3 heterocycles. The van der Waals surface area contributed by atoms with Crippen LogP contribution in [0.15, 0.2) is 34.1 Å². The normalized spacial score (nSPS) is 17.4. The van der Waals surface area contributed by atoms with Gasteiger partial charge in [0.2, 0.25) is 0 Å². The Bertz CT molecular complexity index is 1010. The molecule has 0 spiro atoms. The summed E-state index contributed by atoms with van der Waals surface area (Å²) in [7, 11) is 0. The zero-order valence-electron chi connectivity index (χ0n) is 14.3. The molecule has 2 aromatic heterocycles. The van der Waals surface area contributed by atoms with Crippen LogP contribution in [-0.2, 0) is 10.9 Å². The van der Waals surface area contributed by atoms with E-state index in [1.807, 2.05) is 0 Å². The number of benzene rings is 1. The van der Waals surface area contributed by atoms with Gasteiger partial charge in [-0.15, -0.1) is 11.3 Å². The van der Waals surface area contributed by atoms with Gasteiger partial charge in [-0.1, -0.05) is 17.4 Å². The number of carbonyl (C=O) groups excluding carboxylic acids is 1. The molecule has 0 N–H and O–H groups in total. The Balaban J connectivity index is 1.76. The predicted octanol–water partition coefficient (Wildman–Crippen LogP) is 5.96. The molecule has 0 saturated carbocycles. The average molecular weight is 491 g/mol. The number of thiazole rings is 1. The monoisotopic (exact) mass is 490 g/mol. The molecule has 1 saturated heterocycles. The van der Waals surface area contributed by atoms with Gasteiger partial charge in [-0.05, 0) is 53.0 Å². The molecular formula is C18H14BrF3N2O2S2. The zero-order valence-corrected chi connectivity index (χ0v) is 17.6. The van der Waals surface area contributed by atoms with Crippen molar-refractivity contribution >= 4 is 59.9 Å². The SMILES string of the molecule is O=C(c1ccc(Br)s1)N(C[C@H]1CCCO1)c1nc2c(C(F)(F)F)cccc2s1. The highest BCUT2D eigenvalue weighted by molar-refractivity contribution is 9.11.